The van der Waals surface area contributed by atoms with Crippen molar-refractivity contribution in [2.75, 3.05) is 7.11 Å². The van der Waals surface area contributed by atoms with Gasteiger partial charge in [0, 0.05) is 34.8 Å². The van der Waals surface area contributed by atoms with Crippen LogP contribution in [0.2, 0.25) is 0 Å². The third kappa shape index (κ3) is 9.12. The van der Waals surface area contributed by atoms with Gasteiger partial charge in [0.25, 0.3) is 5.91 Å². The van der Waals surface area contributed by atoms with E-state index in [2.05, 4.69) is 41.4 Å². The smallest absolute Gasteiger partial charge is 0.325 e. The van der Waals surface area contributed by atoms with Gasteiger partial charge in [-0.1, -0.05) is 81.4 Å². The van der Waals surface area contributed by atoms with Crippen molar-refractivity contribution in [3.05, 3.63) is 118 Å². The van der Waals surface area contributed by atoms with Crippen molar-refractivity contribution < 1.29 is 29.0 Å². The summed E-state index contributed by atoms with van der Waals surface area (Å²) in [5.74, 6) is -0.406. The minimum Gasteiger partial charge on any atom is -0.493 e. The number of carbonyl (C=O) groups is 3. The lowest BCUT2D eigenvalue weighted by molar-refractivity contribution is -0.141. The molecule has 2 aromatic heterocycles. The van der Waals surface area contributed by atoms with Gasteiger partial charge in [0.1, 0.15) is 18.7 Å². The SMILES string of the molecule is COc1cc(-c2cnc(-c3ccc(CC(NC(=O)c4ccc(C(C)(C)C)s4)C(=O)NC(C)C(=O)O)cc3)nc2)ccc1OCc1ccccc1. The molecule has 0 radical (unpaired) electrons. The summed E-state index contributed by atoms with van der Waals surface area (Å²) in [5.41, 5.74) is 4.13. The Labute approximate surface area is 295 Å². The molecule has 2 atom stereocenters. The molecule has 3 aromatic carbocycles. The number of hydrogen-bond donors (Lipinski definition) is 3. The van der Waals surface area contributed by atoms with Crippen molar-refractivity contribution >= 4 is 29.1 Å². The van der Waals surface area contributed by atoms with E-state index in [9.17, 15) is 19.5 Å². The molecule has 5 rings (SSSR count). The number of thiophene rings is 1. The maximum Gasteiger partial charge on any atom is 0.325 e. The van der Waals surface area contributed by atoms with Crippen LogP contribution in [0.15, 0.2) is 97.3 Å². The fourth-order valence-corrected chi connectivity index (χ4v) is 6.00. The molecule has 2 unspecified atom stereocenters. The molecule has 0 saturated heterocycles. The van der Waals surface area contributed by atoms with Crippen LogP contribution in [0.25, 0.3) is 22.5 Å². The Hall–Kier alpha value is -5.55. The summed E-state index contributed by atoms with van der Waals surface area (Å²) >= 11 is 1.37. The number of rotatable bonds is 13. The van der Waals surface area contributed by atoms with E-state index in [4.69, 9.17) is 9.47 Å². The third-order valence-corrected chi connectivity index (χ3v) is 9.47. The van der Waals surface area contributed by atoms with Crippen LogP contribution >= 0.6 is 11.3 Å². The number of amides is 2. The predicted molar refractivity (Wildman–Crippen MR) is 193 cm³/mol. The number of carbonyl (C=O) groups excluding carboxylic acids is 2. The van der Waals surface area contributed by atoms with E-state index in [1.165, 1.54) is 18.3 Å². The lowest BCUT2D eigenvalue weighted by atomic mass is 9.95. The van der Waals surface area contributed by atoms with Crippen LogP contribution in [0.4, 0.5) is 0 Å². The number of hydrogen-bond acceptors (Lipinski definition) is 8. The fraction of sp³-hybridized carbons (Fsp3) is 0.256. The standard InChI is InChI=1S/C39H40N4O6S/c1-24(38(46)47)42-36(44)30(43-37(45)33-17-18-34(50-33)39(2,3)4)19-25-11-13-27(14-12-25)35-40-21-29(22-41-35)28-15-16-31(32(20-28)48-5)49-23-26-9-7-6-8-10-26/h6-18,20-22,24,30H,19,23H2,1-5H3,(H,42,44)(H,43,45)(H,46,47). The summed E-state index contributed by atoms with van der Waals surface area (Å²) in [6.07, 6.45) is 3.63. The molecule has 0 aliphatic carbocycles. The van der Waals surface area contributed by atoms with Crippen molar-refractivity contribution in [1.82, 2.24) is 20.6 Å². The van der Waals surface area contributed by atoms with Crippen LogP contribution < -0.4 is 20.1 Å². The summed E-state index contributed by atoms with van der Waals surface area (Å²) in [6, 6.07) is 24.5. The number of ether oxygens (including phenoxy) is 2. The van der Waals surface area contributed by atoms with Crippen LogP contribution in [0.1, 0.15) is 53.4 Å². The van der Waals surface area contributed by atoms with Crippen LogP contribution in [-0.4, -0.2) is 52.1 Å². The van der Waals surface area contributed by atoms with Crippen LogP contribution in [0.5, 0.6) is 11.5 Å². The van der Waals surface area contributed by atoms with Crippen LogP contribution in [-0.2, 0) is 28.0 Å². The van der Waals surface area contributed by atoms with Gasteiger partial charge in [-0.2, -0.15) is 0 Å². The molecule has 0 saturated carbocycles. The van der Waals surface area contributed by atoms with Crippen molar-refractivity contribution in [3.63, 3.8) is 0 Å². The number of carboxylic acid groups (broad SMARTS) is 1. The Morgan fingerprint density at radius 2 is 1.50 bits per heavy atom. The largest absolute Gasteiger partial charge is 0.493 e. The second-order valence-electron chi connectivity index (χ2n) is 12.8. The monoisotopic (exact) mass is 692 g/mol. The Morgan fingerprint density at radius 1 is 0.820 bits per heavy atom. The highest BCUT2D eigenvalue weighted by Crippen LogP contribution is 2.33. The molecule has 5 aromatic rings. The fourth-order valence-electron chi connectivity index (χ4n) is 5.03. The number of aromatic nitrogens is 2. The van der Waals surface area contributed by atoms with Crippen molar-refractivity contribution in [2.24, 2.45) is 0 Å². The molecule has 10 nitrogen and oxygen atoms in total. The van der Waals surface area contributed by atoms with E-state index in [0.29, 0.717) is 28.8 Å². The minimum atomic E-state index is -1.17. The van der Waals surface area contributed by atoms with Gasteiger partial charge >= 0.3 is 5.97 Å². The van der Waals surface area contributed by atoms with Crippen molar-refractivity contribution in [1.29, 1.82) is 0 Å². The van der Waals surface area contributed by atoms with E-state index >= 15 is 0 Å². The third-order valence-electron chi connectivity index (χ3n) is 7.96. The van der Waals surface area contributed by atoms with Crippen LogP contribution in [0.3, 0.4) is 0 Å². The summed E-state index contributed by atoms with van der Waals surface area (Å²) in [7, 11) is 1.60. The topological polar surface area (TPSA) is 140 Å². The maximum absolute atomic E-state index is 13.2. The predicted octanol–water partition coefficient (Wildman–Crippen LogP) is 6.69. The number of methoxy groups -OCH3 is 1. The van der Waals surface area contributed by atoms with E-state index < -0.39 is 29.9 Å². The van der Waals surface area contributed by atoms with Gasteiger partial charge < -0.3 is 25.2 Å². The number of nitrogens with one attached hydrogen (secondary N) is 2. The van der Waals surface area contributed by atoms with Gasteiger partial charge in [-0.15, -0.1) is 11.3 Å². The first kappa shape index (κ1) is 35.7. The van der Waals surface area contributed by atoms with Gasteiger partial charge in [-0.25, -0.2) is 9.97 Å². The minimum absolute atomic E-state index is 0.125. The van der Waals surface area contributed by atoms with Gasteiger partial charge in [-0.3, -0.25) is 14.4 Å². The first-order chi connectivity index (χ1) is 23.9. The average molecular weight is 693 g/mol. The van der Waals surface area contributed by atoms with Crippen molar-refractivity contribution in [3.8, 4) is 34.0 Å². The second-order valence-corrected chi connectivity index (χ2v) is 13.9. The molecule has 2 heterocycles. The number of nitrogens with zero attached hydrogens (tertiary/aromatic N) is 2. The highest BCUT2D eigenvalue weighted by atomic mass is 32.1. The first-order valence-electron chi connectivity index (χ1n) is 16.1. The Kier molecular flexibility index (Phi) is 11.3. The normalized spacial score (nSPS) is 12.4. The second kappa shape index (κ2) is 15.8. The number of carboxylic acids is 1. The van der Waals surface area contributed by atoms with E-state index in [0.717, 1.165) is 32.7 Å². The van der Waals surface area contributed by atoms with Gasteiger partial charge in [-0.05, 0) is 53.3 Å². The molecule has 11 heteroatoms. The summed E-state index contributed by atoms with van der Waals surface area (Å²) < 4.78 is 11.6. The molecular weight excluding hydrogens is 653 g/mol. The zero-order valence-electron chi connectivity index (χ0n) is 28.6. The molecule has 2 amide bonds. The molecule has 50 heavy (non-hydrogen) atoms. The quantitative estimate of drug-likeness (QED) is 0.124. The lowest BCUT2D eigenvalue weighted by Gasteiger charge is -2.20. The molecule has 3 N–H and O–H groups in total. The van der Waals surface area contributed by atoms with E-state index in [1.807, 2.05) is 78.9 Å². The Balaban J connectivity index is 1.27. The van der Waals surface area contributed by atoms with Gasteiger partial charge in [0.15, 0.2) is 17.3 Å². The molecular formula is C39H40N4O6S. The van der Waals surface area contributed by atoms with E-state index in [-0.39, 0.29) is 11.8 Å². The maximum atomic E-state index is 13.2. The van der Waals surface area contributed by atoms with Crippen molar-refractivity contribution in [2.45, 2.75) is 58.2 Å². The zero-order valence-corrected chi connectivity index (χ0v) is 29.4. The summed E-state index contributed by atoms with van der Waals surface area (Å²) in [6.45, 7) is 7.99. The highest BCUT2D eigenvalue weighted by molar-refractivity contribution is 7.14. The molecule has 0 aliphatic rings. The lowest BCUT2D eigenvalue weighted by Crippen LogP contribution is -2.51. The molecule has 0 spiro atoms. The van der Waals surface area contributed by atoms with Gasteiger partial charge in [0.05, 0.1) is 12.0 Å². The summed E-state index contributed by atoms with van der Waals surface area (Å²) in [4.78, 5) is 48.4. The Morgan fingerprint density at radius 3 is 2.12 bits per heavy atom. The zero-order chi connectivity index (χ0) is 35.8. The number of aliphatic carboxylic acids is 1. The highest BCUT2D eigenvalue weighted by Gasteiger charge is 2.26. The first-order valence-corrected chi connectivity index (χ1v) is 16.9. The van der Waals surface area contributed by atoms with E-state index in [1.54, 1.807) is 25.6 Å². The molecule has 0 aliphatic heterocycles. The van der Waals surface area contributed by atoms with Crippen LogP contribution in [0, 0.1) is 0 Å². The molecule has 258 valence electrons. The van der Waals surface area contributed by atoms with Gasteiger partial charge in [0.2, 0.25) is 5.91 Å². The molecule has 0 bridgehead atoms. The number of benzene rings is 3. The Bertz CT molecular complexity index is 1940. The molecule has 0 fully saturated rings. The average Bonchev–Trinajstić information content (AvgIpc) is 3.63. The summed E-state index contributed by atoms with van der Waals surface area (Å²) in [5, 5.41) is 14.6.